The Labute approximate surface area is 228 Å². The molecule has 1 aliphatic rings. The van der Waals surface area contributed by atoms with Gasteiger partial charge in [0.05, 0.1) is 50.2 Å². The van der Waals surface area contributed by atoms with Crippen molar-refractivity contribution in [1.82, 2.24) is 29.4 Å². The zero-order chi connectivity index (χ0) is 27.1. The van der Waals surface area contributed by atoms with Crippen LogP contribution in [0.25, 0.3) is 27.6 Å². The topological polar surface area (TPSA) is 115 Å². The number of para-hydroxylation sites is 2. The molecule has 2 N–H and O–H groups in total. The first-order valence-electron chi connectivity index (χ1n) is 13.0. The van der Waals surface area contributed by atoms with Crippen LogP contribution in [0, 0.1) is 12.8 Å². The summed E-state index contributed by atoms with van der Waals surface area (Å²) in [6, 6.07) is 14.7. The number of H-pyrrole nitrogens is 1. The molecule has 39 heavy (non-hydrogen) atoms. The van der Waals surface area contributed by atoms with Crippen LogP contribution >= 0.6 is 11.6 Å². The van der Waals surface area contributed by atoms with Crippen molar-refractivity contribution >= 4 is 39.4 Å². The summed E-state index contributed by atoms with van der Waals surface area (Å²) in [5, 5.41) is 4.05. The normalized spacial score (nSPS) is 17.5. The molecule has 3 aromatic heterocycles. The first-order chi connectivity index (χ1) is 18.9. The molecule has 198 valence electrons. The van der Waals surface area contributed by atoms with Gasteiger partial charge in [-0.15, -0.1) is 0 Å². The maximum Gasteiger partial charge on any atom is 0.333 e. The Bertz CT molecular complexity index is 1830. The van der Waals surface area contributed by atoms with E-state index in [1.165, 1.54) is 12.5 Å². The van der Waals surface area contributed by atoms with Crippen molar-refractivity contribution in [3.05, 3.63) is 98.2 Å². The molecule has 3 heterocycles. The smallest absolute Gasteiger partial charge is 0.333 e. The van der Waals surface area contributed by atoms with E-state index in [-0.39, 0.29) is 23.2 Å². The van der Waals surface area contributed by atoms with Crippen molar-refractivity contribution in [3.8, 4) is 5.69 Å². The summed E-state index contributed by atoms with van der Waals surface area (Å²) < 4.78 is 3.53. The van der Waals surface area contributed by atoms with Gasteiger partial charge in [-0.25, -0.2) is 9.78 Å². The standard InChI is InChI=1S/C29H27ClN6O3/c1-17-23(12-19(30)14-31-17)28(38)34-20-8-6-18(7-9-20)15-35-25-4-2-3-5-26(25)36(29(35)39)21-10-11-22-24(13-21)32-16-33-27(22)37/h2-5,10-14,16,18,20H,6-9,15H2,1H3,(H,34,38)(H,32,33,37). The van der Waals surface area contributed by atoms with Gasteiger partial charge in [-0.3, -0.25) is 23.7 Å². The van der Waals surface area contributed by atoms with Crippen LogP contribution < -0.4 is 16.6 Å². The molecule has 5 aromatic rings. The highest BCUT2D eigenvalue weighted by molar-refractivity contribution is 6.30. The van der Waals surface area contributed by atoms with Crippen molar-refractivity contribution in [2.75, 3.05) is 0 Å². The molecule has 2 aromatic carbocycles. The molecular formula is C29H27ClN6O3. The van der Waals surface area contributed by atoms with Crippen molar-refractivity contribution in [3.63, 3.8) is 0 Å². The Morgan fingerprint density at radius 2 is 1.82 bits per heavy atom. The SMILES string of the molecule is Cc1ncc(Cl)cc1C(=O)NC1CCC(Cn2c(=O)n(-c3ccc4c(=O)[nH]cnc4c3)c3ccccc32)CC1. The molecule has 0 aliphatic heterocycles. The Hall–Kier alpha value is -4.24. The summed E-state index contributed by atoms with van der Waals surface area (Å²) >= 11 is 6.04. The molecule has 9 nitrogen and oxygen atoms in total. The fraction of sp³-hybridized carbons (Fsp3) is 0.276. The van der Waals surface area contributed by atoms with E-state index < -0.39 is 0 Å². The lowest BCUT2D eigenvalue weighted by molar-refractivity contribution is 0.0919. The molecule has 1 aliphatic carbocycles. The molecule has 6 rings (SSSR count). The van der Waals surface area contributed by atoms with Crippen molar-refractivity contribution < 1.29 is 4.79 Å². The average Bonchev–Trinajstić information content (AvgIpc) is 3.22. The van der Waals surface area contributed by atoms with Gasteiger partial charge in [-0.1, -0.05) is 23.7 Å². The third-order valence-electron chi connectivity index (χ3n) is 7.64. The van der Waals surface area contributed by atoms with Gasteiger partial charge in [-0.05, 0) is 74.9 Å². The molecular weight excluding hydrogens is 516 g/mol. The van der Waals surface area contributed by atoms with Gasteiger partial charge >= 0.3 is 5.69 Å². The molecule has 0 saturated heterocycles. The predicted molar refractivity (Wildman–Crippen MR) is 151 cm³/mol. The van der Waals surface area contributed by atoms with E-state index in [9.17, 15) is 14.4 Å². The minimum Gasteiger partial charge on any atom is -0.349 e. The summed E-state index contributed by atoms with van der Waals surface area (Å²) in [6.07, 6.45) is 6.37. The summed E-state index contributed by atoms with van der Waals surface area (Å²) in [5.41, 5.74) is 3.67. The van der Waals surface area contributed by atoms with Gasteiger partial charge in [0.25, 0.3) is 11.5 Å². The highest BCUT2D eigenvalue weighted by atomic mass is 35.5. The van der Waals surface area contributed by atoms with Crippen LogP contribution in [0.2, 0.25) is 5.02 Å². The molecule has 1 saturated carbocycles. The number of hydrogen-bond acceptors (Lipinski definition) is 5. The number of carbonyl (C=O) groups excluding carboxylic acids is 1. The summed E-state index contributed by atoms with van der Waals surface area (Å²) in [7, 11) is 0. The van der Waals surface area contributed by atoms with Crippen LogP contribution in [-0.2, 0) is 6.54 Å². The molecule has 0 bridgehead atoms. The zero-order valence-electron chi connectivity index (χ0n) is 21.4. The minimum atomic E-state index is -0.215. The molecule has 0 spiro atoms. The maximum absolute atomic E-state index is 13.8. The van der Waals surface area contributed by atoms with Gasteiger partial charge in [0, 0.05) is 18.8 Å². The van der Waals surface area contributed by atoms with E-state index in [1.54, 1.807) is 35.8 Å². The number of benzene rings is 2. The first-order valence-corrected chi connectivity index (χ1v) is 13.4. The third kappa shape index (κ3) is 4.74. The molecule has 1 fully saturated rings. The maximum atomic E-state index is 13.8. The van der Waals surface area contributed by atoms with Gasteiger partial charge in [0.15, 0.2) is 0 Å². The minimum absolute atomic E-state index is 0.0680. The number of halogens is 1. The van der Waals surface area contributed by atoms with Crippen LogP contribution in [0.15, 0.2) is 70.6 Å². The lowest BCUT2D eigenvalue weighted by atomic mass is 9.85. The van der Waals surface area contributed by atoms with E-state index in [2.05, 4.69) is 20.3 Å². The van der Waals surface area contributed by atoms with E-state index in [4.69, 9.17) is 11.6 Å². The summed E-state index contributed by atoms with van der Waals surface area (Å²) in [4.78, 5) is 49.7. The number of hydrogen-bond donors (Lipinski definition) is 2. The lowest BCUT2D eigenvalue weighted by Gasteiger charge is -2.29. The van der Waals surface area contributed by atoms with Gasteiger partial charge < -0.3 is 10.3 Å². The molecule has 0 atom stereocenters. The quantitative estimate of drug-likeness (QED) is 0.342. The first kappa shape index (κ1) is 25.1. The number of aromatic nitrogens is 5. The Morgan fingerprint density at radius 1 is 1.05 bits per heavy atom. The van der Waals surface area contributed by atoms with Crippen molar-refractivity contribution in [2.45, 2.75) is 45.2 Å². The summed E-state index contributed by atoms with van der Waals surface area (Å²) in [5.74, 6) is 0.151. The number of nitrogens with zero attached hydrogens (tertiary/aromatic N) is 4. The molecule has 1 amide bonds. The van der Waals surface area contributed by atoms with Crippen LogP contribution in [0.4, 0.5) is 0 Å². The van der Waals surface area contributed by atoms with Crippen LogP contribution in [0.3, 0.4) is 0 Å². The predicted octanol–water partition coefficient (Wildman–Crippen LogP) is 4.37. The van der Waals surface area contributed by atoms with Gasteiger partial charge in [0.2, 0.25) is 0 Å². The van der Waals surface area contributed by atoms with Crippen LogP contribution in [-0.4, -0.2) is 36.0 Å². The zero-order valence-corrected chi connectivity index (χ0v) is 22.1. The van der Waals surface area contributed by atoms with Crippen LogP contribution in [0.5, 0.6) is 0 Å². The monoisotopic (exact) mass is 542 g/mol. The Morgan fingerprint density at radius 3 is 2.62 bits per heavy atom. The second-order valence-corrected chi connectivity index (χ2v) is 10.6. The van der Waals surface area contributed by atoms with Crippen molar-refractivity contribution in [1.29, 1.82) is 0 Å². The Kier molecular flexibility index (Phi) is 6.52. The number of pyridine rings is 1. The highest BCUT2D eigenvalue weighted by Gasteiger charge is 2.26. The lowest BCUT2D eigenvalue weighted by Crippen LogP contribution is -2.39. The number of aromatic amines is 1. The van der Waals surface area contributed by atoms with E-state index >= 15 is 0 Å². The number of aryl methyl sites for hydroxylation is 1. The number of fused-ring (bicyclic) bond motifs is 2. The number of imidazole rings is 1. The fourth-order valence-corrected chi connectivity index (χ4v) is 5.74. The number of carbonyl (C=O) groups is 1. The fourth-order valence-electron chi connectivity index (χ4n) is 5.58. The molecule has 0 radical (unpaired) electrons. The third-order valence-corrected chi connectivity index (χ3v) is 7.85. The van der Waals surface area contributed by atoms with Crippen molar-refractivity contribution in [2.24, 2.45) is 5.92 Å². The average molecular weight is 543 g/mol. The number of nitrogens with one attached hydrogen (secondary N) is 2. The van der Waals surface area contributed by atoms with E-state index in [0.29, 0.717) is 45.3 Å². The van der Waals surface area contributed by atoms with Crippen LogP contribution in [0.1, 0.15) is 41.7 Å². The number of rotatable bonds is 5. The summed E-state index contributed by atoms with van der Waals surface area (Å²) in [6.45, 7) is 2.39. The second-order valence-electron chi connectivity index (χ2n) is 10.1. The highest BCUT2D eigenvalue weighted by Crippen LogP contribution is 2.28. The molecule has 0 unspecified atom stereocenters. The second kappa shape index (κ2) is 10.1. The van der Waals surface area contributed by atoms with E-state index in [0.717, 1.165) is 36.7 Å². The number of amides is 1. The molecule has 10 heteroatoms. The Balaban J connectivity index is 1.22. The van der Waals surface area contributed by atoms with E-state index in [1.807, 2.05) is 28.8 Å². The van der Waals surface area contributed by atoms with Gasteiger partial charge in [0.1, 0.15) is 0 Å². The van der Waals surface area contributed by atoms with Gasteiger partial charge in [-0.2, -0.15) is 0 Å². The largest absolute Gasteiger partial charge is 0.349 e.